The van der Waals surface area contributed by atoms with Gasteiger partial charge < -0.3 is 36.8 Å². The first-order valence-electron chi connectivity index (χ1n) is 7.26. The fourth-order valence-electron chi connectivity index (χ4n) is 1.49. The molecule has 10 N–H and O–H groups in total. The molecule has 1 atom stereocenters. The van der Waals surface area contributed by atoms with Crippen molar-refractivity contribution in [3.8, 4) is 0 Å². The van der Waals surface area contributed by atoms with E-state index in [1.807, 2.05) is 0 Å². The number of hydrogen-bond acceptors (Lipinski definition) is 5. The van der Waals surface area contributed by atoms with E-state index in [1.165, 1.54) is 0 Å². The van der Waals surface area contributed by atoms with Crippen LogP contribution in [0.1, 0.15) is 38.5 Å². The molecular weight excluding hydrogens is 332 g/mol. The zero-order valence-electron chi connectivity index (χ0n) is 12.9. The third-order valence-corrected chi connectivity index (χ3v) is 4.53. The molecule has 0 fully saturated rings. The Morgan fingerprint density at radius 1 is 0.773 bits per heavy atom. The van der Waals surface area contributed by atoms with Crippen molar-refractivity contribution in [1.82, 2.24) is 0 Å². The summed E-state index contributed by atoms with van der Waals surface area (Å²) in [7, 11) is -7.80. The Morgan fingerprint density at radius 2 is 1.18 bits per heavy atom. The number of rotatable bonds is 11. The summed E-state index contributed by atoms with van der Waals surface area (Å²) in [5.41, 5.74) is 16.0. The molecule has 0 heterocycles. The lowest BCUT2D eigenvalue weighted by molar-refractivity contribution is 0.366. The maximum atomic E-state index is 10.4. The van der Waals surface area contributed by atoms with E-state index in [2.05, 4.69) is 0 Å². The molecule has 1 unspecified atom stereocenters. The van der Waals surface area contributed by atoms with Crippen molar-refractivity contribution in [3.63, 3.8) is 0 Å². The molecule has 0 aliphatic heterocycles. The maximum Gasteiger partial charge on any atom is 0.325 e. The van der Waals surface area contributed by atoms with Crippen molar-refractivity contribution in [3.05, 3.63) is 0 Å². The Kier molecular flexibility index (Phi) is 15.1. The maximum absolute atomic E-state index is 10.4. The molecule has 0 aromatic rings. The Bertz CT molecular complexity index is 321. The second kappa shape index (κ2) is 13.6. The summed E-state index contributed by atoms with van der Waals surface area (Å²) >= 11 is 0. The van der Waals surface area contributed by atoms with Crippen molar-refractivity contribution in [2.45, 2.75) is 44.6 Å². The van der Waals surface area contributed by atoms with Crippen LogP contribution in [-0.4, -0.2) is 51.0 Å². The first-order chi connectivity index (χ1) is 10.0. The normalized spacial score (nSPS) is 13.4. The Morgan fingerprint density at radius 3 is 1.45 bits per heavy atom. The summed E-state index contributed by atoms with van der Waals surface area (Å²) in [6.07, 6.45) is 3.60. The highest BCUT2D eigenvalue weighted by Gasteiger charge is 2.13. The first-order valence-corrected chi connectivity index (χ1v) is 10.9. The van der Waals surface area contributed by atoms with Gasteiger partial charge in [-0.05, 0) is 32.2 Å². The highest BCUT2D eigenvalue weighted by Crippen LogP contribution is 2.37. The van der Waals surface area contributed by atoms with Crippen LogP contribution in [0.3, 0.4) is 0 Å². The van der Waals surface area contributed by atoms with Crippen LogP contribution in [-0.2, 0) is 9.13 Å². The number of unbranched alkanes of at least 4 members (excludes halogenated alkanes) is 3. The molecule has 0 rings (SSSR count). The summed E-state index contributed by atoms with van der Waals surface area (Å²) in [6, 6.07) is 0.151. The van der Waals surface area contributed by atoms with Gasteiger partial charge in [0.15, 0.2) is 0 Å². The third-order valence-electron chi connectivity index (χ3n) is 2.73. The largest absolute Gasteiger partial charge is 0.330 e. The van der Waals surface area contributed by atoms with E-state index >= 15 is 0 Å². The van der Waals surface area contributed by atoms with Gasteiger partial charge in [-0.2, -0.15) is 0 Å². The van der Waals surface area contributed by atoms with Crippen LogP contribution in [0.4, 0.5) is 0 Å². The molecule has 136 valence electrons. The summed E-state index contributed by atoms with van der Waals surface area (Å²) in [5, 5.41) is 0. The lowest BCUT2D eigenvalue weighted by atomic mass is 10.2. The Balaban J connectivity index is 0. The minimum absolute atomic E-state index is 0.150. The van der Waals surface area contributed by atoms with E-state index in [0.29, 0.717) is 38.8 Å². The average Bonchev–Trinajstić information content (AvgIpc) is 2.38. The van der Waals surface area contributed by atoms with Gasteiger partial charge in [-0.1, -0.05) is 12.8 Å². The number of nitrogens with two attached hydrogens (primary N) is 3. The molecule has 0 aliphatic carbocycles. The fraction of sp³-hybridized carbons (Fsp3) is 1.00. The van der Waals surface area contributed by atoms with Crippen molar-refractivity contribution >= 4 is 15.2 Å². The van der Waals surface area contributed by atoms with Gasteiger partial charge in [0.25, 0.3) is 0 Å². The molecule has 0 radical (unpaired) electrons. The quantitative estimate of drug-likeness (QED) is 0.194. The van der Waals surface area contributed by atoms with Gasteiger partial charge in [0.05, 0.1) is 0 Å². The molecule has 0 aromatic heterocycles. The van der Waals surface area contributed by atoms with E-state index in [-0.39, 0.29) is 18.4 Å². The van der Waals surface area contributed by atoms with Crippen molar-refractivity contribution in [2.24, 2.45) is 17.2 Å². The minimum atomic E-state index is -3.90. The van der Waals surface area contributed by atoms with Crippen molar-refractivity contribution in [2.75, 3.05) is 25.4 Å². The summed E-state index contributed by atoms with van der Waals surface area (Å²) in [4.78, 5) is 34.0. The predicted octanol–water partition coefficient (Wildman–Crippen LogP) is -0.0865. The highest BCUT2D eigenvalue weighted by molar-refractivity contribution is 7.52. The topological polar surface area (TPSA) is 193 Å². The molecule has 0 spiro atoms. The zero-order chi connectivity index (χ0) is 17.6. The van der Waals surface area contributed by atoms with E-state index in [0.717, 1.165) is 12.8 Å². The van der Waals surface area contributed by atoms with Crippen LogP contribution in [0.2, 0.25) is 0 Å². The molecule has 0 saturated carbocycles. The minimum Gasteiger partial charge on any atom is -0.330 e. The first kappa shape index (κ1) is 24.4. The van der Waals surface area contributed by atoms with Gasteiger partial charge in [-0.25, -0.2) is 0 Å². The second-order valence-electron chi connectivity index (χ2n) is 5.12. The van der Waals surface area contributed by atoms with Gasteiger partial charge in [-0.15, -0.1) is 0 Å². The molecule has 0 bridgehead atoms. The van der Waals surface area contributed by atoms with Crippen LogP contribution < -0.4 is 17.2 Å². The van der Waals surface area contributed by atoms with Crippen LogP contribution in [0.15, 0.2) is 0 Å². The average molecular weight is 363 g/mol. The lowest BCUT2D eigenvalue weighted by Crippen LogP contribution is -2.29. The van der Waals surface area contributed by atoms with Crippen molar-refractivity contribution < 1.29 is 28.7 Å². The van der Waals surface area contributed by atoms with E-state index < -0.39 is 15.2 Å². The van der Waals surface area contributed by atoms with E-state index in [4.69, 9.17) is 36.8 Å². The fourth-order valence-corrected chi connectivity index (χ4v) is 2.76. The Labute approximate surface area is 132 Å². The van der Waals surface area contributed by atoms with Gasteiger partial charge in [-0.3, -0.25) is 9.13 Å². The highest BCUT2D eigenvalue weighted by atomic mass is 31.2. The molecule has 0 amide bonds. The third kappa shape index (κ3) is 25.2. The van der Waals surface area contributed by atoms with Crippen LogP contribution in [0.5, 0.6) is 0 Å². The summed E-state index contributed by atoms with van der Waals surface area (Å²) in [5.74, 6) is 0. The van der Waals surface area contributed by atoms with Crippen molar-refractivity contribution in [1.29, 1.82) is 0 Å². The van der Waals surface area contributed by atoms with Crippen LogP contribution >= 0.6 is 15.2 Å². The number of hydrogen-bond donors (Lipinski definition) is 7. The molecular formula is C11H31N3O6P2. The molecule has 0 aromatic carbocycles. The lowest BCUT2D eigenvalue weighted by Gasteiger charge is -2.04. The van der Waals surface area contributed by atoms with Gasteiger partial charge in [0.1, 0.15) is 0 Å². The summed E-state index contributed by atoms with van der Waals surface area (Å²) < 4.78 is 20.8. The monoisotopic (exact) mass is 363 g/mol. The molecule has 9 nitrogen and oxygen atoms in total. The second-order valence-corrected chi connectivity index (χ2v) is 8.67. The molecule has 22 heavy (non-hydrogen) atoms. The predicted molar refractivity (Wildman–Crippen MR) is 87.6 cm³/mol. The Hall–Kier alpha value is 0.180. The molecule has 0 aliphatic rings. The van der Waals surface area contributed by atoms with E-state index in [9.17, 15) is 9.13 Å². The summed E-state index contributed by atoms with van der Waals surface area (Å²) in [6.45, 7) is 1.29. The van der Waals surface area contributed by atoms with Crippen LogP contribution in [0, 0.1) is 0 Å². The van der Waals surface area contributed by atoms with E-state index in [1.54, 1.807) is 0 Å². The molecule has 0 saturated heterocycles. The molecule has 11 heteroatoms. The van der Waals surface area contributed by atoms with Gasteiger partial charge in [0, 0.05) is 24.9 Å². The smallest absolute Gasteiger partial charge is 0.325 e. The van der Waals surface area contributed by atoms with Gasteiger partial charge >= 0.3 is 15.2 Å². The zero-order valence-corrected chi connectivity index (χ0v) is 14.7. The standard InChI is InChI=1S/C6H16O6P2.C5H15N3/c7-13(8,9)5-3-1-2-4-6-14(10,11)12;6-3-1-2-5(8)4-7/h1-6H2,(H2,7,8,9)(H2,10,11,12);5H,1-4,6-8H2. The van der Waals surface area contributed by atoms with Gasteiger partial charge in [0.2, 0.25) is 0 Å². The SMILES string of the molecule is NCCCC(N)CN.O=P(O)(O)CCCCCCP(=O)(O)O. The van der Waals surface area contributed by atoms with Crippen LogP contribution in [0.25, 0.3) is 0 Å².